The van der Waals surface area contributed by atoms with Crippen LogP contribution in [0.15, 0.2) is 53.0 Å². The van der Waals surface area contributed by atoms with Crippen LogP contribution in [0.4, 0.5) is 11.4 Å². The molecule has 0 spiro atoms. The number of nitrogens with one attached hydrogen (secondary N) is 2. The van der Waals surface area contributed by atoms with Gasteiger partial charge in [-0.3, -0.25) is 9.59 Å². The molecule has 0 heterocycles. The van der Waals surface area contributed by atoms with E-state index >= 15 is 0 Å². The molecular formula is C17H14BrClN2O2. The van der Waals surface area contributed by atoms with Crippen molar-refractivity contribution < 1.29 is 9.59 Å². The predicted molar refractivity (Wildman–Crippen MR) is 94.5 cm³/mol. The topological polar surface area (TPSA) is 58.2 Å². The van der Waals surface area contributed by atoms with Crippen molar-refractivity contribution in [3.05, 3.63) is 58.0 Å². The van der Waals surface area contributed by atoms with Gasteiger partial charge in [0, 0.05) is 20.9 Å². The van der Waals surface area contributed by atoms with E-state index in [9.17, 15) is 9.59 Å². The van der Waals surface area contributed by atoms with Crippen LogP contribution in [0.2, 0.25) is 5.02 Å². The molecule has 1 aliphatic rings. The molecule has 0 aliphatic heterocycles. The minimum absolute atomic E-state index is 0.278. The van der Waals surface area contributed by atoms with Crippen LogP contribution in [0.25, 0.3) is 0 Å². The maximum atomic E-state index is 12.5. The lowest BCUT2D eigenvalue weighted by molar-refractivity contribution is -0.131. The van der Waals surface area contributed by atoms with Crippen LogP contribution in [0, 0.1) is 5.41 Å². The second kappa shape index (κ2) is 6.34. The molecule has 0 bridgehead atoms. The molecule has 1 saturated carbocycles. The highest BCUT2D eigenvalue weighted by atomic mass is 79.9. The van der Waals surface area contributed by atoms with Gasteiger partial charge in [0.1, 0.15) is 5.41 Å². The van der Waals surface area contributed by atoms with Crippen molar-refractivity contribution in [2.75, 3.05) is 10.6 Å². The molecule has 3 rings (SSSR count). The van der Waals surface area contributed by atoms with Gasteiger partial charge in [0.25, 0.3) is 0 Å². The zero-order valence-electron chi connectivity index (χ0n) is 12.1. The third-order valence-electron chi connectivity index (χ3n) is 3.80. The minimum atomic E-state index is -0.991. The van der Waals surface area contributed by atoms with Crippen molar-refractivity contribution in [3.8, 4) is 0 Å². The summed E-state index contributed by atoms with van der Waals surface area (Å²) in [5, 5.41) is 6.11. The second-order valence-electron chi connectivity index (χ2n) is 5.51. The zero-order chi connectivity index (χ0) is 16.4. The monoisotopic (exact) mass is 392 g/mol. The molecule has 1 aliphatic carbocycles. The molecule has 6 heteroatoms. The first-order valence-electron chi connectivity index (χ1n) is 7.14. The van der Waals surface area contributed by atoms with E-state index in [0.29, 0.717) is 29.2 Å². The molecule has 2 aromatic carbocycles. The smallest absolute Gasteiger partial charge is 0.240 e. The highest BCUT2D eigenvalue weighted by Crippen LogP contribution is 2.47. The summed E-state index contributed by atoms with van der Waals surface area (Å²) in [4.78, 5) is 24.9. The Balaban J connectivity index is 1.69. The van der Waals surface area contributed by atoms with Gasteiger partial charge in [0.2, 0.25) is 11.8 Å². The maximum Gasteiger partial charge on any atom is 0.240 e. The van der Waals surface area contributed by atoms with E-state index in [-0.39, 0.29) is 11.8 Å². The highest BCUT2D eigenvalue weighted by Gasteiger charge is 2.56. The van der Waals surface area contributed by atoms with Crippen LogP contribution in [-0.2, 0) is 9.59 Å². The SMILES string of the molecule is O=C(Nc1ccc(Br)cc1)C1(C(=O)Nc2cccc(Cl)c2)CC1. The summed E-state index contributed by atoms with van der Waals surface area (Å²) in [5.74, 6) is -0.575. The Morgan fingerprint density at radius 3 is 2.13 bits per heavy atom. The molecule has 1 fully saturated rings. The molecule has 2 amide bonds. The third-order valence-corrected chi connectivity index (χ3v) is 4.57. The summed E-state index contributed by atoms with van der Waals surface area (Å²) < 4.78 is 0.926. The van der Waals surface area contributed by atoms with E-state index in [2.05, 4.69) is 26.6 Å². The van der Waals surface area contributed by atoms with Gasteiger partial charge in [0.15, 0.2) is 0 Å². The van der Waals surface area contributed by atoms with Crippen molar-refractivity contribution in [2.45, 2.75) is 12.8 Å². The summed E-state index contributed by atoms with van der Waals surface area (Å²) >= 11 is 9.25. The highest BCUT2D eigenvalue weighted by molar-refractivity contribution is 9.10. The Morgan fingerprint density at radius 2 is 1.57 bits per heavy atom. The van der Waals surface area contributed by atoms with Crippen molar-refractivity contribution in [2.24, 2.45) is 5.41 Å². The minimum Gasteiger partial charge on any atom is -0.325 e. The lowest BCUT2D eigenvalue weighted by Gasteiger charge is -2.15. The van der Waals surface area contributed by atoms with Crippen LogP contribution in [0.5, 0.6) is 0 Å². The van der Waals surface area contributed by atoms with E-state index in [0.717, 1.165) is 4.47 Å². The quantitative estimate of drug-likeness (QED) is 0.754. The van der Waals surface area contributed by atoms with Crippen molar-refractivity contribution in [3.63, 3.8) is 0 Å². The summed E-state index contributed by atoms with van der Waals surface area (Å²) in [6.45, 7) is 0. The van der Waals surface area contributed by atoms with E-state index in [1.54, 1.807) is 36.4 Å². The molecule has 2 N–H and O–H groups in total. The fourth-order valence-electron chi connectivity index (χ4n) is 2.28. The average Bonchev–Trinajstić information content (AvgIpc) is 3.31. The van der Waals surface area contributed by atoms with E-state index in [1.807, 2.05) is 12.1 Å². The standard InChI is InChI=1S/C17H14BrClN2O2/c18-11-4-6-13(7-5-11)20-15(22)17(8-9-17)16(23)21-14-3-1-2-12(19)10-14/h1-7,10H,8-9H2,(H,20,22)(H,21,23). The lowest BCUT2D eigenvalue weighted by Crippen LogP contribution is -2.35. The van der Waals surface area contributed by atoms with Gasteiger partial charge in [-0.25, -0.2) is 0 Å². The van der Waals surface area contributed by atoms with E-state index in [4.69, 9.17) is 11.6 Å². The van der Waals surface area contributed by atoms with E-state index in [1.165, 1.54) is 0 Å². The van der Waals surface area contributed by atoms with Crippen molar-refractivity contribution in [1.29, 1.82) is 0 Å². The first kappa shape index (κ1) is 16.0. The number of halogens is 2. The molecule has 23 heavy (non-hydrogen) atoms. The molecule has 0 aromatic heterocycles. The largest absolute Gasteiger partial charge is 0.325 e. The fraction of sp³-hybridized carbons (Fsp3) is 0.176. The Kier molecular flexibility index (Phi) is 4.41. The van der Waals surface area contributed by atoms with Gasteiger partial charge in [0.05, 0.1) is 0 Å². The third kappa shape index (κ3) is 3.57. The Bertz CT molecular complexity index is 757. The van der Waals surface area contributed by atoms with Gasteiger partial charge in [-0.1, -0.05) is 33.6 Å². The summed E-state index contributed by atoms with van der Waals surface area (Å²) in [5.41, 5.74) is 0.264. The van der Waals surface area contributed by atoms with Crippen LogP contribution in [-0.4, -0.2) is 11.8 Å². The maximum absolute atomic E-state index is 12.5. The normalized spacial score (nSPS) is 14.9. The van der Waals surface area contributed by atoms with Crippen LogP contribution in [0.1, 0.15) is 12.8 Å². The summed E-state index contributed by atoms with van der Waals surface area (Å²) in [6.07, 6.45) is 1.09. The average molecular weight is 394 g/mol. The van der Waals surface area contributed by atoms with Gasteiger partial charge in [-0.2, -0.15) is 0 Å². The molecule has 0 saturated heterocycles. The van der Waals surface area contributed by atoms with Gasteiger partial charge in [-0.05, 0) is 55.3 Å². The molecule has 0 radical (unpaired) electrons. The van der Waals surface area contributed by atoms with Gasteiger partial charge < -0.3 is 10.6 Å². The van der Waals surface area contributed by atoms with E-state index < -0.39 is 5.41 Å². The van der Waals surface area contributed by atoms with Gasteiger partial charge in [-0.15, -0.1) is 0 Å². The summed E-state index contributed by atoms with van der Waals surface area (Å²) in [6, 6.07) is 14.1. The van der Waals surface area contributed by atoms with Crippen LogP contribution >= 0.6 is 27.5 Å². The molecule has 0 atom stereocenters. The Morgan fingerprint density at radius 1 is 0.957 bits per heavy atom. The second-order valence-corrected chi connectivity index (χ2v) is 6.86. The summed E-state index contributed by atoms with van der Waals surface area (Å²) in [7, 11) is 0. The number of anilines is 2. The molecule has 118 valence electrons. The fourth-order valence-corrected chi connectivity index (χ4v) is 2.74. The molecule has 2 aromatic rings. The number of rotatable bonds is 4. The predicted octanol–water partition coefficient (Wildman–Crippen LogP) is 4.46. The van der Waals surface area contributed by atoms with Gasteiger partial charge >= 0.3 is 0 Å². The Labute approximate surface area is 147 Å². The molecular weight excluding hydrogens is 380 g/mol. The number of hydrogen-bond acceptors (Lipinski definition) is 2. The molecule has 0 unspecified atom stereocenters. The number of amides is 2. The molecule has 4 nitrogen and oxygen atoms in total. The number of carbonyl (C=O) groups excluding carboxylic acids is 2. The van der Waals surface area contributed by atoms with Crippen LogP contribution < -0.4 is 10.6 Å². The first-order valence-corrected chi connectivity index (χ1v) is 8.31. The lowest BCUT2D eigenvalue weighted by atomic mass is 10.0. The van der Waals surface area contributed by atoms with Crippen LogP contribution in [0.3, 0.4) is 0 Å². The number of hydrogen-bond donors (Lipinski definition) is 2. The zero-order valence-corrected chi connectivity index (χ0v) is 14.4. The first-order chi connectivity index (χ1) is 11.0. The number of benzene rings is 2. The van der Waals surface area contributed by atoms with Crippen molar-refractivity contribution >= 4 is 50.7 Å². The Hall–Kier alpha value is -1.85. The van der Waals surface area contributed by atoms with Crippen molar-refractivity contribution in [1.82, 2.24) is 0 Å². The number of carbonyl (C=O) groups is 2.